The van der Waals surface area contributed by atoms with Crippen LogP contribution < -0.4 is 15.8 Å². The summed E-state index contributed by atoms with van der Waals surface area (Å²) in [6.45, 7) is 7.54. The van der Waals surface area contributed by atoms with Crippen LogP contribution in [-0.2, 0) is 6.54 Å². The Kier molecular flexibility index (Phi) is 5.97. The van der Waals surface area contributed by atoms with Gasteiger partial charge in [0.25, 0.3) is 0 Å². The first kappa shape index (κ1) is 16.8. The van der Waals surface area contributed by atoms with Gasteiger partial charge in [-0.2, -0.15) is 0 Å². The number of aromatic nitrogens is 1. The quantitative estimate of drug-likeness (QED) is 0.634. The van der Waals surface area contributed by atoms with E-state index in [1.807, 2.05) is 30.3 Å². The van der Waals surface area contributed by atoms with Crippen LogP contribution in [0.15, 0.2) is 41.5 Å². The van der Waals surface area contributed by atoms with Gasteiger partial charge in [-0.25, -0.2) is 9.98 Å². The SMILES string of the molecule is CCCNC(N)=NCc1ccnc(Oc2ccc(C)c(C)c2)c1. The van der Waals surface area contributed by atoms with E-state index in [-0.39, 0.29) is 0 Å². The van der Waals surface area contributed by atoms with Crippen molar-refractivity contribution in [1.82, 2.24) is 10.3 Å². The topological polar surface area (TPSA) is 72.5 Å². The molecule has 0 aliphatic heterocycles. The minimum Gasteiger partial charge on any atom is -0.439 e. The molecule has 0 fully saturated rings. The maximum atomic E-state index is 5.82. The summed E-state index contributed by atoms with van der Waals surface area (Å²) in [6.07, 6.45) is 2.73. The molecule has 0 radical (unpaired) electrons. The summed E-state index contributed by atoms with van der Waals surface area (Å²) in [7, 11) is 0. The highest BCUT2D eigenvalue weighted by Gasteiger charge is 2.02. The summed E-state index contributed by atoms with van der Waals surface area (Å²) in [4.78, 5) is 8.55. The zero-order chi connectivity index (χ0) is 16.7. The van der Waals surface area contributed by atoms with E-state index in [4.69, 9.17) is 10.5 Å². The average molecular weight is 312 g/mol. The van der Waals surface area contributed by atoms with Gasteiger partial charge in [0.15, 0.2) is 5.96 Å². The third-order valence-electron chi connectivity index (χ3n) is 3.49. The third-order valence-corrected chi connectivity index (χ3v) is 3.49. The van der Waals surface area contributed by atoms with Crippen molar-refractivity contribution in [2.45, 2.75) is 33.7 Å². The molecule has 5 heteroatoms. The standard InChI is InChI=1S/C18H24N4O/c1-4-8-21-18(19)22-12-15-7-9-20-17(11-15)23-16-6-5-13(2)14(3)10-16/h5-7,9-11H,4,8,12H2,1-3H3,(H3,19,21,22). The minimum atomic E-state index is 0.459. The molecule has 0 spiro atoms. The molecule has 3 N–H and O–H groups in total. The van der Waals surface area contributed by atoms with Crippen LogP contribution in [-0.4, -0.2) is 17.5 Å². The summed E-state index contributed by atoms with van der Waals surface area (Å²) in [5.74, 6) is 1.80. The first-order chi connectivity index (χ1) is 11.1. The fourth-order valence-corrected chi connectivity index (χ4v) is 1.99. The zero-order valence-electron chi connectivity index (χ0n) is 14.0. The molecule has 0 saturated carbocycles. The number of aliphatic imine (C=N–C) groups is 1. The minimum absolute atomic E-state index is 0.459. The van der Waals surface area contributed by atoms with E-state index in [0.717, 1.165) is 24.3 Å². The van der Waals surface area contributed by atoms with E-state index >= 15 is 0 Å². The number of guanidine groups is 1. The highest BCUT2D eigenvalue weighted by Crippen LogP contribution is 2.22. The molecule has 0 amide bonds. The number of nitrogens with one attached hydrogen (secondary N) is 1. The Morgan fingerprint density at radius 1 is 1.22 bits per heavy atom. The fraction of sp³-hybridized carbons (Fsp3) is 0.333. The smallest absolute Gasteiger partial charge is 0.219 e. The van der Waals surface area contributed by atoms with Crippen molar-refractivity contribution in [1.29, 1.82) is 0 Å². The lowest BCUT2D eigenvalue weighted by molar-refractivity contribution is 0.461. The van der Waals surface area contributed by atoms with Crippen LogP contribution >= 0.6 is 0 Å². The number of nitrogens with zero attached hydrogens (tertiary/aromatic N) is 2. The predicted molar refractivity (Wildman–Crippen MR) is 93.8 cm³/mol. The molecule has 0 bridgehead atoms. The van der Waals surface area contributed by atoms with Crippen LogP contribution in [0.4, 0.5) is 0 Å². The summed E-state index contributed by atoms with van der Waals surface area (Å²) >= 11 is 0. The maximum Gasteiger partial charge on any atom is 0.219 e. The molecule has 0 saturated heterocycles. The van der Waals surface area contributed by atoms with Crippen LogP contribution in [0, 0.1) is 13.8 Å². The van der Waals surface area contributed by atoms with E-state index in [1.54, 1.807) is 6.20 Å². The molecular formula is C18H24N4O. The molecule has 1 heterocycles. The van der Waals surface area contributed by atoms with Crippen molar-refractivity contribution in [3.05, 3.63) is 53.2 Å². The molecule has 2 rings (SSSR count). The van der Waals surface area contributed by atoms with Crippen LogP contribution in [0.1, 0.15) is 30.0 Å². The number of nitrogens with two attached hydrogens (primary N) is 1. The Hall–Kier alpha value is -2.56. The van der Waals surface area contributed by atoms with Crippen LogP contribution in [0.2, 0.25) is 0 Å². The first-order valence-corrected chi connectivity index (χ1v) is 7.82. The molecule has 23 heavy (non-hydrogen) atoms. The Morgan fingerprint density at radius 2 is 2.04 bits per heavy atom. The summed E-state index contributed by atoms with van der Waals surface area (Å²) in [5.41, 5.74) is 9.22. The molecule has 2 aromatic rings. The second kappa shape index (κ2) is 8.17. The molecular weight excluding hydrogens is 288 g/mol. The van der Waals surface area contributed by atoms with Gasteiger partial charge in [0.05, 0.1) is 6.54 Å². The third kappa shape index (κ3) is 5.29. The van der Waals surface area contributed by atoms with Crippen molar-refractivity contribution in [3.63, 3.8) is 0 Å². The molecule has 1 aromatic carbocycles. The van der Waals surface area contributed by atoms with Crippen molar-refractivity contribution in [2.75, 3.05) is 6.54 Å². The Labute approximate surface area is 137 Å². The van der Waals surface area contributed by atoms with Crippen molar-refractivity contribution in [2.24, 2.45) is 10.7 Å². The van der Waals surface area contributed by atoms with E-state index < -0.39 is 0 Å². The van der Waals surface area contributed by atoms with Crippen molar-refractivity contribution in [3.8, 4) is 11.6 Å². The van der Waals surface area contributed by atoms with Crippen LogP contribution in [0.25, 0.3) is 0 Å². The fourth-order valence-electron chi connectivity index (χ4n) is 1.99. The normalized spacial score (nSPS) is 11.3. The molecule has 0 atom stereocenters. The molecule has 122 valence electrons. The highest BCUT2D eigenvalue weighted by molar-refractivity contribution is 5.77. The number of pyridine rings is 1. The summed E-state index contributed by atoms with van der Waals surface area (Å²) < 4.78 is 5.82. The Morgan fingerprint density at radius 3 is 2.78 bits per heavy atom. The number of hydrogen-bond donors (Lipinski definition) is 2. The van der Waals surface area contributed by atoms with E-state index in [9.17, 15) is 0 Å². The molecule has 1 aromatic heterocycles. The van der Waals surface area contributed by atoms with Gasteiger partial charge < -0.3 is 15.8 Å². The number of rotatable bonds is 6. The predicted octanol–water partition coefficient (Wildman–Crippen LogP) is 3.31. The second-order valence-electron chi connectivity index (χ2n) is 5.48. The number of ether oxygens (including phenoxy) is 1. The van der Waals surface area contributed by atoms with E-state index in [1.165, 1.54) is 11.1 Å². The van der Waals surface area contributed by atoms with Gasteiger partial charge in [-0.15, -0.1) is 0 Å². The lowest BCUT2D eigenvalue weighted by Gasteiger charge is -2.08. The van der Waals surface area contributed by atoms with Gasteiger partial charge in [0, 0.05) is 18.8 Å². The van der Waals surface area contributed by atoms with Gasteiger partial charge in [0.1, 0.15) is 5.75 Å². The number of aryl methyl sites for hydroxylation is 2. The summed E-state index contributed by atoms with van der Waals surface area (Å²) in [5, 5.41) is 3.05. The van der Waals surface area contributed by atoms with Gasteiger partial charge in [-0.05, 0) is 55.2 Å². The summed E-state index contributed by atoms with van der Waals surface area (Å²) in [6, 6.07) is 9.78. The highest BCUT2D eigenvalue weighted by atomic mass is 16.5. The van der Waals surface area contributed by atoms with Gasteiger partial charge >= 0.3 is 0 Å². The maximum absolute atomic E-state index is 5.82. The van der Waals surface area contributed by atoms with E-state index in [0.29, 0.717) is 18.4 Å². The van der Waals surface area contributed by atoms with Crippen LogP contribution in [0.5, 0.6) is 11.6 Å². The monoisotopic (exact) mass is 312 g/mol. The van der Waals surface area contributed by atoms with E-state index in [2.05, 4.69) is 36.1 Å². The Balaban J connectivity index is 2.03. The Bertz CT molecular complexity index is 682. The van der Waals surface area contributed by atoms with Gasteiger partial charge in [-0.1, -0.05) is 13.0 Å². The van der Waals surface area contributed by atoms with Gasteiger partial charge in [-0.3, -0.25) is 0 Å². The zero-order valence-corrected chi connectivity index (χ0v) is 14.0. The average Bonchev–Trinajstić information content (AvgIpc) is 2.55. The number of benzene rings is 1. The lowest BCUT2D eigenvalue weighted by Crippen LogP contribution is -2.32. The van der Waals surface area contributed by atoms with Gasteiger partial charge in [0.2, 0.25) is 5.88 Å². The van der Waals surface area contributed by atoms with Crippen LogP contribution in [0.3, 0.4) is 0 Å². The molecule has 0 unspecified atom stereocenters. The first-order valence-electron chi connectivity index (χ1n) is 7.82. The number of hydrogen-bond acceptors (Lipinski definition) is 3. The molecule has 5 nitrogen and oxygen atoms in total. The van der Waals surface area contributed by atoms with Crippen molar-refractivity contribution >= 4 is 5.96 Å². The molecule has 0 aliphatic carbocycles. The molecule has 0 aliphatic rings. The second-order valence-corrected chi connectivity index (χ2v) is 5.48. The van der Waals surface area contributed by atoms with Crippen molar-refractivity contribution < 1.29 is 4.74 Å². The lowest BCUT2D eigenvalue weighted by atomic mass is 10.1. The largest absolute Gasteiger partial charge is 0.439 e.